The fourth-order valence-corrected chi connectivity index (χ4v) is 2.38. The van der Waals surface area contributed by atoms with Gasteiger partial charge in [-0.3, -0.25) is 0 Å². The van der Waals surface area contributed by atoms with E-state index >= 15 is 0 Å². The van der Waals surface area contributed by atoms with E-state index in [2.05, 4.69) is 10.0 Å². The van der Waals surface area contributed by atoms with Gasteiger partial charge in [0.1, 0.15) is 18.3 Å². The second-order valence-corrected chi connectivity index (χ2v) is 4.05. The highest BCUT2D eigenvalue weighted by Crippen LogP contribution is 2.32. The summed E-state index contributed by atoms with van der Waals surface area (Å²) in [7, 11) is 1.29. The molecule has 0 aromatic carbocycles. The van der Waals surface area contributed by atoms with E-state index in [1.807, 2.05) is 22.6 Å². The minimum absolute atomic E-state index is 0.198. The van der Waals surface area contributed by atoms with E-state index in [0.717, 1.165) is 0 Å². The molecule has 1 aliphatic heterocycles. The molecule has 0 aromatic heterocycles. The molecule has 9 heteroatoms. The lowest BCUT2D eigenvalue weighted by Gasteiger charge is -2.45. The zero-order valence-electron chi connectivity index (χ0n) is 8.39. The maximum atomic E-state index is 9.74. The molecule has 1 aliphatic rings. The van der Waals surface area contributed by atoms with Crippen LogP contribution < -0.4 is 0 Å². The molecule has 0 aromatic rings. The summed E-state index contributed by atoms with van der Waals surface area (Å²) in [5.74, 6) is -1.49. The van der Waals surface area contributed by atoms with Crippen LogP contribution in [0.5, 0.6) is 0 Å². The Bertz CT molecular complexity index is 294. The molecular formula is C7H12IN3O5. The Balaban J connectivity index is 3.01. The highest BCUT2D eigenvalue weighted by Gasteiger charge is 2.53. The number of nitrogens with zero attached hydrogens (tertiary/aromatic N) is 3. The average molecular weight is 345 g/mol. The molecule has 1 fully saturated rings. The number of hydrogen-bond acceptors (Lipinski definition) is 6. The first-order chi connectivity index (χ1) is 7.52. The first kappa shape index (κ1) is 13.9. The van der Waals surface area contributed by atoms with Gasteiger partial charge in [-0.2, -0.15) is 0 Å². The van der Waals surface area contributed by atoms with Crippen molar-refractivity contribution in [2.24, 2.45) is 5.11 Å². The van der Waals surface area contributed by atoms with Crippen LogP contribution in [0.15, 0.2) is 5.11 Å². The van der Waals surface area contributed by atoms with Crippen LogP contribution in [-0.4, -0.2) is 57.2 Å². The van der Waals surface area contributed by atoms with E-state index in [9.17, 15) is 15.3 Å². The van der Waals surface area contributed by atoms with Gasteiger partial charge in [0.25, 0.3) is 0 Å². The van der Waals surface area contributed by atoms with Gasteiger partial charge in [0.05, 0.1) is 4.43 Å². The van der Waals surface area contributed by atoms with Gasteiger partial charge in [-0.05, 0) is 5.53 Å². The fraction of sp³-hybridized carbons (Fsp3) is 1.00. The van der Waals surface area contributed by atoms with Crippen LogP contribution in [0.1, 0.15) is 0 Å². The standard InChI is InChI=1S/C7H12IN3O5/c1-15-7(2-8)5(14)3(12)4(13)6(16-7)10-11-9/h3-6,12-14H,2H2,1H3/t3-,4-,5-,6-,7-/m1/s1. The van der Waals surface area contributed by atoms with Gasteiger partial charge < -0.3 is 24.8 Å². The van der Waals surface area contributed by atoms with E-state index in [-0.39, 0.29) is 4.43 Å². The molecule has 1 rings (SSSR count). The summed E-state index contributed by atoms with van der Waals surface area (Å²) >= 11 is 1.89. The van der Waals surface area contributed by atoms with Gasteiger partial charge in [0, 0.05) is 12.0 Å². The lowest BCUT2D eigenvalue weighted by Crippen LogP contribution is -2.65. The zero-order valence-corrected chi connectivity index (χ0v) is 10.6. The molecule has 0 unspecified atom stereocenters. The minimum atomic E-state index is -1.50. The second kappa shape index (κ2) is 5.45. The quantitative estimate of drug-likeness (QED) is 0.209. The van der Waals surface area contributed by atoms with Crippen molar-refractivity contribution in [2.45, 2.75) is 30.3 Å². The van der Waals surface area contributed by atoms with Crippen LogP contribution in [0.25, 0.3) is 10.4 Å². The number of alkyl halides is 1. The van der Waals surface area contributed by atoms with E-state index in [0.29, 0.717) is 0 Å². The monoisotopic (exact) mass is 345 g/mol. The van der Waals surface area contributed by atoms with Gasteiger partial charge in [-0.15, -0.1) is 0 Å². The van der Waals surface area contributed by atoms with Gasteiger partial charge >= 0.3 is 0 Å². The predicted molar refractivity (Wildman–Crippen MR) is 60.7 cm³/mol. The number of hydrogen-bond donors (Lipinski definition) is 3. The summed E-state index contributed by atoms with van der Waals surface area (Å²) in [6, 6.07) is 0. The zero-order chi connectivity index (χ0) is 12.3. The van der Waals surface area contributed by atoms with Gasteiger partial charge in [-0.1, -0.05) is 27.7 Å². The third kappa shape index (κ3) is 2.25. The Morgan fingerprint density at radius 2 is 2.12 bits per heavy atom. The smallest absolute Gasteiger partial charge is 0.206 e. The molecule has 1 heterocycles. The Hall–Kier alpha value is -0.160. The maximum absolute atomic E-state index is 9.74. The molecule has 0 saturated carbocycles. The van der Waals surface area contributed by atoms with Gasteiger partial charge in [0.15, 0.2) is 6.23 Å². The molecule has 16 heavy (non-hydrogen) atoms. The van der Waals surface area contributed by atoms with E-state index < -0.39 is 30.3 Å². The van der Waals surface area contributed by atoms with Crippen molar-refractivity contribution in [1.29, 1.82) is 0 Å². The van der Waals surface area contributed by atoms with Gasteiger partial charge in [0.2, 0.25) is 5.79 Å². The van der Waals surface area contributed by atoms with Crippen molar-refractivity contribution >= 4 is 22.6 Å². The largest absolute Gasteiger partial charge is 0.387 e. The second-order valence-electron chi connectivity index (χ2n) is 3.29. The maximum Gasteiger partial charge on any atom is 0.206 e. The molecule has 0 radical (unpaired) electrons. The molecule has 0 bridgehead atoms. The molecule has 0 spiro atoms. The number of ether oxygens (including phenoxy) is 2. The van der Waals surface area contributed by atoms with Crippen LogP contribution in [0.2, 0.25) is 0 Å². The van der Waals surface area contributed by atoms with Crippen LogP contribution in [0.3, 0.4) is 0 Å². The molecule has 5 atom stereocenters. The number of methoxy groups -OCH3 is 1. The molecule has 3 N–H and O–H groups in total. The number of azide groups is 1. The van der Waals surface area contributed by atoms with E-state index in [1.54, 1.807) is 0 Å². The number of rotatable bonds is 3. The Morgan fingerprint density at radius 1 is 1.50 bits per heavy atom. The summed E-state index contributed by atoms with van der Waals surface area (Å²) in [5, 5.41) is 32.0. The van der Waals surface area contributed by atoms with Crippen LogP contribution in [0, 0.1) is 0 Å². The summed E-state index contributed by atoms with van der Waals surface area (Å²) in [6.07, 6.45) is -5.70. The molecule has 1 saturated heterocycles. The van der Waals surface area contributed by atoms with Crippen molar-refractivity contribution in [3.8, 4) is 0 Å². The van der Waals surface area contributed by atoms with Crippen LogP contribution in [0.4, 0.5) is 0 Å². The summed E-state index contributed by atoms with van der Waals surface area (Å²) < 4.78 is 10.4. The predicted octanol–water partition coefficient (Wildman–Crippen LogP) is -0.487. The van der Waals surface area contributed by atoms with Crippen LogP contribution in [-0.2, 0) is 9.47 Å². The first-order valence-electron chi connectivity index (χ1n) is 4.39. The summed E-state index contributed by atoms with van der Waals surface area (Å²) in [4.78, 5) is 2.49. The average Bonchev–Trinajstić information content (AvgIpc) is 2.31. The number of aliphatic hydroxyl groups is 3. The third-order valence-corrected chi connectivity index (χ3v) is 3.50. The van der Waals surface area contributed by atoms with Gasteiger partial charge in [-0.25, -0.2) is 0 Å². The summed E-state index contributed by atoms with van der Waals surface area (Å²) in [5.41, 5.74) is 8.28. The Morgan fingerprint density at radius 3 is 2.56 bits per heavy atom. The lowest BCUT2D eigenvalue weighted by atomic mass is 9.96. The normalized spacial score (nSPS) is 43.8. The van der Waals surface area contributed by atoms with E-state index in [4.69, 9.17) is 15.0 Å². The Labute approximate surface area is 105 Å². The number of aliphatic hydroxyl groups excluding tert-OH is 3. The highest BCUT2D eigenvalue weighted by molar-refractivity contribution is 14.1. The van der Waals surface area contributed by atoms with E-state index in [1.165, 1.54) is 7.11 Å². The van der Waals surface area contributed by atoms with Crippen molar-refractivity contribution in [3.05, 3.63) is 10.4 Å². The molecule has 0 aliphatic carbocycles. The summed E-state index contributed by atoms with van der Waals surface area (Å²) in [6.45, 7) is 0. The van der Waals surface area contributed by atoms with Crippen molar-refractivity contribution in [1.82, 2.24) is 0 Å². The van der Waals surface area contributed by atoms with Crippen molar-refractivity contribution in [2.75, 3.05) is 11.5 Å². The SMILES string of the molecule is CO[C@]1(CI)O[C@@H](N=[N+]=[N-])[C@H](O)[C@@H](O)[C@H]1O. The molecule has 92 valence electrons. The lowest BCUT2D eigenvalue weighted by molar-refractivity contribution is -0.341. The first-order valence-corrected chi connectivity index (χ1v) is 5.92. The minimum Gasteiger partial charge on any atom is -0.387 e. The van der Waals surface area contributed by atoms with Crippen molar-refractivity contribution < 1.29 is 24.8 Å². The highest BCUT2D eigenvalue weighted by atomic mass is 127. The fourth-order valence-electron chi connectivity index (χ4n) is 1.44. The Kier molecular flexibility index (Phi) is 4.73. The molecule has 8 nitrogen and oxygen atoms in total. The topological polar surface area (TPSA) is 128 Å². The van der Waals surface area contributed by atoms with Crippen LogP contribution >= 0.6 is 22.6 Å². The van der Waals surface area contributed by atoms with Crippen molar-refractivity contribution in [3.63, 3.8) is 0 Å². The number of halogens is 1. The molecule has 0 amide bonds. The third-order valence-electron chi connectivity index (χ3n) is 2.43. The molecular weight excluding hydrogens is 333 g/mol.